The summed E-state index contributed by atoms with van der Waals surface area (Å²) in [6, 6.07) is 14.4. The van der Waals surface area contributed by atoms with Crippen molar-refractivity contribution in [2.45, 2.75) is 38.1 Å². The lowest BCUT2D eigenvalue weighted by Crippen LogP contribution is -2.48. The van der Waals surface area contributed by atoms with Gasteiger partial charge in [0.05, 0.1) is 0 Å². The van der Waals surface area contributed by atoms with Gasteiger partial charge < -0.3 is 31.2 Å². The monoisotopic (exact) mass is 656 g/mol. The van der Waals surface area contributed by atoms with Crippen molar-refractivity contribution in [1.82, 2.24) is 35.4 Å². The number of nitrogens with one attached hydrogen (secondary N) is 3. The van der Waals surface area contributed by atoms with Gasteiger partial charge in [-0.05, 0) is 92.2 Å². The summed E-state index contributed by atoms with van der Waals surface area (Å²) in [5.41, 5.74) is 9.99. The zero-order chi connectivity index (χ0) is 32.8. The van der Waals surface area contributed by atoms with E-state index in [-0.39, 0.29) is 23.0 Å². The molecule has 246 valence electrons. The minimum atomic E-state index is -0.784. The minimum absolute atomic E-state index is 0.0952. The zero-order valence-corrected chi connectivity index (χ0v) is 27.3. The molecule has 1 atom stereocenters. The van der Waals surface area contributed by atoms with Crippen molar-refractivity contribution in [2.24, 2.45) is 17.6 Å². The van der Waals surface area contributed by atoms with E-state index in [4.69, 9.17) is 17.3 Å². The number of nitrogens with two attached hydrogens (primary N) is 1. The Bertz CT molecular complexity index is 1650. The quantitative estimate of drug-likeness (QED) is 0.199. The molecule has 2 fully saturated rings. The Morgan fingerprint density at radius 1 is 0.957 bits per heavy atom. The Morgan fingerprint density at radius 2 is 1.68 bits per heavy atom. The summed E-state index contributed by atoms with van der Waals surface area (Å²) in [6.45, 7) is 4.40. The van der Waals surface area contributed by atoms with E-state index in [1.807, 2.05) is 48.8 Å². The molecule has 12 nitrogen and oxygen atoms in total. The number of anilines is 2. The van der Waals surface area contributed by atoms with Crippen LogP contribution in [0.1, 0.15) is 31.2 Å². The van der Waals surface area contributed by atoms with Crippen LogP contribution in [0.5, 0.6) is 0 Å². The summed E-state index contributed by atoms with van der Waals surface area (Å²) < 4.78 is 0. The Labute approximate surface area is 279 Å². The van der Waals surface area contributed by atoms with Gasteiger partial charge >= 0.3 is 0 Å². The second kappa shape index (κ2) is 15.0. The number of benzene rings is 2. The van der Waals surface area contributed by atoms with Gasteiger partial charge in [0, 0.05) is 67.7 Å². The molecule has 2 amide bonds. The minimum Gasteiger partial charge on any atom is -0.344 e. The highest BCUT2D eigenvalue weighted by Crippen LogP contribution is 2.29. The molecular weight excluding hydrogens is 616 g/mol. The van der Waals surface area contributed by atoms with Gasteiger partial charge in [-0.15, -0.1) is 10.2 Å². The Morgan fingerprint density at radius 3 is 2.34 bits per heavy atom. The van der Waals surface area contributed by atoms with Crippen molar-refractivity contribution >= 4 is 35.1 Å². The van der Waals surface area contributed by atoms with Crippen LogP contribution in [0.15, 0.2) is 60.9 Å². The lowest BCUT2D eigenvalue weighted by atomic mass is 9.81. The number of nitrogens with zero attached hydrogens (tertiary/aromatic N) is 6. The predicted octanol–water partition coefficient (Wildman–Crippen LogP) is 3.77. The maximum absolute atomic E-state index is 13.7. The second-order valence-corrected chi connectivity index (χ2v) is 12.9. The number of piperazine rings is 1. The van der Waals surface area contributed by atoms with Crippen LogP contribution in [0, 0.1) is 11.8 Å². The molecule has 2 aromatic heterocycles. The van der Waals surface area contributed by atoms with Crippen LogP contribution in [0.2, 0.25) is 5.28 Å². The molecule has 6 rings (SSSR count). The van der Waals surface area contributed by atoms with Gasteiger partial charge in [-0.3, -0.25) is 9.59 Å². The molecule has 1 saturated heterocycles. The van der Waals surface area contributed by atoms with Gasteiger partial charge in [-0.2, -0.15) is 0 Å². The number of likely N-dealkylation sites (N-methyl/N-ethyl adjacent to an activating group) is 1. The summed E-state index contributed by atoms with van der Waals surface area (Å²) in [6.07, 6.45) is 7.40. The average Bonchev–Trinajstić information content (AvgIpc) is 3.55. The number of H-pyrrole nitrogens is 1. The van der Waals surface area contributed by atoms with E-state index in [0.29, 0.717) is 30.4 Å². The number of aromatic nitrogens is 5. The van der Waals surface area contributed by atoms with Crippen LogP contribution in [0.25, 0.3) is 22.5 Å². The van der Waals surface area contributed by atoms with E-state index in [9.17, 15) is 9.59 Å². The first-order valence-electron chi connectivity index (χ1n) is 16.2. The second-order valence-electron chi connectivity index (χ2n) is 12.5. The van der Waals surface area contributed by atoms with E-state index in [1.165, 1.54) is 0 Å². The van der Waals surface area contributed by atoms with E-state index in [1.54, 1.807) is 12.1 Å². The molecule has 0 unspecified atom stereocenters. The van der Waals surface area contributed by atoms with E-state index in [2.05, 4.69) is 52.6 Å². The van der Waals surface area contributed by atoms with Crippen molar-refractivity contribution in [1.29, 1.82) is 0 Å². The van der Waals surface area contributed by atoms with Crippen LogP contribution in [-0.2, 0) is 16.0 Å². The summed E-state index contributed by atoms with van der Waals surface area (Å²) >= 11 is 5.87. The number of rotatable bonds is 10. The Balaban J connectivity index is 1.17. The third kappa shape index (κ3) is 8.31. The fourth-order valence-corrected chi connectivity index (χ4v) is 6.35. The Hall–Kier alpha value is -4.39. The largest absolute Gasteiger partial charge is 0.344 e. The number of amides is 2. The van der Waals surface area contributed by atoms with Crippen molar-refractivity contribution < 1.29 is 9.59 Å². The predicted molar refractivity (Wildman–Crippen MR) is 183 cm³/mol. The molecule has 13 heteroatoms. The summed E-state index contributed by atoms with van der Waals surface area (Å²) in [4.78, 5) is 43.9. The van der Waals surface area contributed by atoms with Crippen molar-refractivity contribution in [2.75, 3.05) is 50.0 Å². The highest BCUT2D eigenvalue weighted by Gasteiger charge is 2.29. The Kier molecular flexibility index (Phi) is 10.4. The molecule has 2 aliphatic rings. The molecule has 2 aromatic carbocycles. The van der Waals surface area contributed by atoms with Gasteiger partial charge in [0.25, 0.3) is 0 Å². The summed E-state index contributed by atoms with van der Waals surface area (Å²) in [7, 11) is 2.12. The lowest BCUT2D eigenvalue weighted by Gasteiger charge is -2.32. The van der Waals surface area contributed by atoms with Crippen molar-refractivity contribution in [3.8, 4) is 22.5 Å². The maximum Gasteiger partial charge on any atom is 0.247 e. The molecule has 1 aliphatic heterocycles. The van der Waals surface area contributed by atoms with Crippen molar-refractivity contribution in [3.05, 3.63) is 71.8 Å². The van der Waals surface area contributed by atoms with Crippen LogP contribution < -0.4 is 21.3 Å². The molecule has 0 radical (unpaired) electrons. The fourth-order valence-electron chi connectivity index (χ4n) is 6.23. The lowest BCUT2D eigenvalue weighted by molar-refractivity contribution is -0.130. The molecule has 1 aliphatic carbocycles. The summed E-state index contributed by atoms with van der Waals surface area (Å²) in [5.74, 6) is 1.19. The standard InChI is InChI=1S/C34H41ClN10O2/c1-44-13-15-45(16-14-44)34-37-20-27(21-38-34)26-4-2-3-23(17-26)18-29(40-31(46)25-7-5-22(19-36)6-8-25)32(47)39-28-11-9-24(10-12-28)30-41-33(35)43-42-30/h2-4,9-12,17,20-22,25,29H,5-8,13-16,18-19,36H2,1H3,(H,39,47)(H,40,46)(H,41,42,43)/t22?,25?,29-/m0/s1. The normalized spacial score (nSPS) is 19.3. The van der Waals surface area contributed by atoms with E-state index in [0.717, 1.165) is 80.1 Å². The number of halogens is 1. The first-order chi connectivity index (χ1) is 22.8. The van der Waals surface area contributed by atoms with E-state index < -0.39 is 6.04 Å². The van der Waals surface area contributed by atoms with Crippen molar-refractivity contribution in [3.63, 3.8) is 0 Å². The molecule has 3 heterocycles. The third-order valence-electron chi connectivity index (χ3n) is 9.19. The molecular formula is C34H41ClN10O2. The van der Waals surface area contributed by atoms with Gasteiger partial charge in [0.1, 0.15) is 6.04 Å². The third-order valence-corrected chi connectivity index (χ3v) is 9.36. The summed E-state index contributed by atoms with van der Waals surface area (Å²) in [5, 5.41) is 14.1. The molecule has 0 spiro atoms. The number of hydrogen-bond donors (Lipinski definition) is 4. The highest BCUT2D eigenvalue weighted by atomic mass is 35.5. The molecule has 5 N–H and O–H groups in total. The number of aromatic amines is 1. The van der Waals surface area contributed by atoms with Crippen LogP contribution in [0.3, 0.4) is 0 Å². The van der Waals surface area contributed by atoms with E-state index >= 15 is 0 Å². The molecule has 1 saturated carbocycles. The van der Waals surface area contributed by atoms with Gasteiger partial charge in [-0.1, -0.05) is 24.3 Å². The van der Waals surface area contributed by atoms with Gasteiger partial charge in [0.2, 0.25) is 23.0 Å². The van der Waals surface area contributed by atoms with Gasteiger partial charge in [-0.25, -0.2) is 9.97 Å². The zero-order valence-electron chi connectivity index (χ0n) is 26.5. The maximum atomic E-state index is 13.7. The topological polar surface area (TPSA) is 158 Å². The molecule has 47 heavy (non-hydrogen) atoms. The fraction of sp³-hybridized carbons (Fsp3) is 0.412. The van der Waals surface area contributed by atoms with Crippen LogP contribution >= 0.6 is 11.6 Å². The SMILES string of the molecule is CN1CCN(c2ncc(-c3cccc(C[C@H](NC(=O)C4CCC(CN)CC4)C(=O)Nc4ccc(-c5nnc(Cl)[nH]5)cc4)c3)cn2)CC1. The molecule has 0 bridgehead atoms. The van der Waals surface area contributed by atoms with Crippen LogP contribution in [0.4, 0.5) is 11.6 Å². The number of hydrogen-bond acceptors (Lipinski definition) is 9. The first kappa shape index (κ1) is 32.5. The number of carbonyl (C=O) groups excluding carboxylic acids is 2. The number of carbonyl (C=O) groups is 2. The average molecular weight is 657 g/mol. The van der Waals surface area contributed by atoms with Gasteiger partial charge in [0.15, 0.2) is 5.82 Å². The highest BCUT2D eigenvalue weighted by molar-refractivity contribution is 6.28. The van der Waals surface area contributed by atoms with Crippen LogP contribution in [-0.4, -0.2) is 87.7 Å². The molecule has 4 aromatic rings. The first-order valence-corrected chi connectivity index (χ1v) is 16.6. The smallest absolute Gasteiger partial charge is 0.247 e.